The molecule has 2 N–H and O–H groups in total. The maximum atomic E-state index is 12.3. The largest absolute Gasteiger partial charge is 0.353 e. The normalized spacial score (nSPS) is 20.1. The topological polar surface area (TPSA) is 61.4 Å². The highest BCUT2D eigenvalue weighted by molar-refractivity contribution is 5.81. The smallest absolute Gasteiger partial charge is 0.225 e. The second-order valence-electron chi connectivity index (χ2n) is 6.08. The third-order valence-corrected chi connectivity index (χ3v) is 4.07. The van der Waals surface area contributed by atoms with Crippen molar-refractivity contribution in [2.24, 2.45) is 5.92 Å². The number of piperidine rings is 1. The number of amides is 2. The zero-order valence-corrected chi connectivity index (χ0v) is 13.8. The minimum Gasteiger partial charge on any atom is -0.353 e. The Hall–Kier alpha value is -1.10. The fourth-order valence-corrected chi connectivity index (χ4v) is 2.86. The number of nitrogens with one attached hydrogen (secondary N) is 2. The predicted molar refractivity (Wildman–Crippen MR) is 85.0 cm³/mol. The Labute approximate surface area is 128 Å². The third kappa shape index (κ3) is 6.46. The zero-order chi connectivity index (χ0) is 15.7. The van der Waals surface area contributed by atoms with E-state index in [1.165, 1.54) is 0 Å². The van der Waals surface area contributed by atoms with Crippen LogP contribution in [-0.2, 0) is 9.59 Å². The third-order valence-electron chi connectivity index (χ3n) is 4.07. The van der Waals surface area contributed by atoms with Gasteiger partial charge in [0.1, 0.15) is 0 Å². The van der Waals surface area contributed by atoms with E-state index in [0.29, 0.717) is 13.0 Å². The lowest BCUT2D eigenvalue weighted by atomic mass is 9.96. The Kier molecular flexibility index (Phi) is 8.35. The van der Waals surface area contributed by atoms with E-state index < -0.39 is 0 Å². The van der Waals surface area contributed by atoms with Crippen LogP contribution in [0.2, 0.25) is 0 Å². The summed E-state index contributed by atoms with van der Waals surface area (Å²) in [5.74, 6) is 0.263. The molecule has 0 aromatic heterocycles. The van der Waals surface area contributed by atoms with Gasteiger partial charge in [0, 0.05) is 25.6 Å². The highest BCUT2D eigenvalue weighted by Gasteiger charge is 2.28. The molecule has 0 aromatic carbocycles. The van der Waals surface area contributed by atoms with Crippen LogP contribution < -0.4 is 10.6 Å². The van der Waals surface area contributed by atoms with Crippen LogP contribution in [0.4, 0.5) is 0 Å². The van der Waals surface area contributed by atoms with Crippen molar-refractivity contribution in [1.82, 2.24) is 15.5 Å². The molecule has 5 heteroatoms. The SMILES string of the molecule is CCCC(C)NC(=O)C1CCCN(C(=O)CCCNC)C1. The molecule has 0 spiro atoms. The summed E-state index contributed by atoms with van der Waals surface area (Å²) in [6, 6.07) is 0.226. The Morgan fingerprint density at radius 1 is 1.38 bits per heavy atom. The van der Waals surface area contributed by atoms with Crippen molar-refractivity contribution in [3.05, 3.63) is 0 Å². The van der Waals surface area contributed by atoms with Crippen LogP contribution in [0.25, 0.3) is 0 Å². The molecule has 1 rings (SSSR count). The van der Waals surface area contributed by atoms with E-state index in [-0.39, 0.29) is 23.8 Å². The van der Waals surface area contributed by atoms with Crippen LogP contribution >= 0.6 is 0 Å². The van der Waals surface area contributed by atoms with Gasteiger partial charge in [-0.25, -0.2) is 0 Å². The summed E-state index contributed by atoms with van der Waals surface area (Å²) in [5, 5.41) is 6.13. The second kappa shape index (κ2) is 9.77. The number of nitrogens with zero attached hydrogens (tertiary/aromatic N) is 1. The maximum absolute atomic E-state index is 12.3. The second-order valence-corrected chi connectivity index (χ2v) is 6.08. The van der Waals surface area contributed by atoms with E-state index in [1.54, 1.807) is 0 Å². The van der Waals surface area contributed by atoms with Crippen LogP contribution in [0.3, 0.4) is 0 Å². The number of hydrogen-bond donors (Lipinski definition) is 2. The van der Waals surface area contributed by atoms with Crippen LogP contribution in [0.1, 0.15) is 52.4 Å². The molecule has 0 bridgehead atoms. The monoisotopic (exact) mass is 297 g/mol. The van der Waals surface area contributed by atoms with Gasteiger partial charge in [-0.15, -0.1) is 0 Å². The molecule has 122 valence electrons. The van der Waals surface area contributed by atoms with Gasteiger partial charge in [0.2, 0.25) is 11.8 Å². The summed E-state index contributed by atoms with van der Waals surface area (Å²) < 4.78 is 0. The van der Waals surface area contributed by atoms with E-state index in [4.69, 9.17) is 0 Å². The standard InChI is InChI=1S/C16H31N3O2/c1-4-7-13(2)18-16(21)14-8-6-11-19(12-14)15(20)9-5-10-17-3/h13-14,17H,4-12H2,1-3H3,(H,18,21). The van der Waals surface area contributed by atoms with Crippen molar-refractivity contribution in [2.75, 3.05) is 26.7 Å². The first kappa shape index (κ1) is 18.0. The molecule has 2 atom stereocenters. The lowest BCUT2D eigenvalue weighted by molar-refractivity contribution is -0.136. The molecule has 0 radical (unpaired) electrons. The van der Waals surface area contributed by atoms with Crippen molar-refractivity contribution in [3.8, 4) is 0 Å². The van der Waals surface area contributed by atoms with Gasteiger partial charge >= 0.3 is 0 Å². The highest BCUT2D eigenvalue weighted by Crippen LogP contribution is 2.18. The lowest BCUT2D eigenvalue weighted by Gasteiger charge is -2.32. The van der Waals surface area contributed by atoms with Crippen LogP contribution in [-0.4, -0.2) is 49.4 Å². The fraction of sp³-hybridized carbons (Fsp3) is 0.875. The maximum Gasteiger partial charge on any atom is 0.225 e. The molecule has 21 heavy (non-hydrogen) atoms. The summed E-state index contributed by atoms with van der Waals surface area (Å²) >= 11 is 0. The summed E-state index contributed by atoms with van der Waals surface area (Å²) in [5.41, 5.74) is 0. The molecule has 2 unspecified atom stereocenters. The first-order chi connectivity index (χ1) is 10.1. The minimum atomic E-state index is -0.0358. The minimum absolute atomic E-state index is 0.0358. The lowest BCUT2D eigenvalue weighted by Crippen LogP contribution is -2.47. The van der Waals surface area contributed by atoms with E-state index >= 15 is 0 Å². The van der Waals surface area contributed by atoms with E-state index in [2.05, 4.69) is 17.6 Å². The van der Waals surface area contributed by atoms with Gasteiger partial charge in [-0.05, 0) is 46.2 Å². The molecule has 0 saturated carbocycles. The Bertz CT molecular complexity index is 333. The van der Waals surface area contributed by atoms with Crippen molar-refractivity contribution in [3.63, 3.8) is 0 Å². The number of carbonyl (C=O) groups excluding carboxylic acids is 2. The molecular weight excluding hydrogens is 266 g/mol. The quantitative estimate of drug-likeness (QED) is 0.668. The molecular formula is C16H31N3O2. The molecule has 1 aliphatic heterocycles. The van der Waals surface area contributed by atoms with Crippen molar-refractivity contribution in [1.29, 1.82) is 0 Å². The average Bonchev–Trinajstić information content (AvgIpc) is 2.47. The highest BCUT2D eigenvalue weighted by atomic mass is 16.2. The Morgan fingerprint density at radius 2 is 2.14 bits per heavy atom. The summed E-state index contributed by atoms with van der Waals surface area (Å²) in [4.78, 5) is 26.3. The number of hydrogen-bond acceptors (Lipinski definition) is 3. The molecule has 1 saturated heterocycles. The van der Waals surface area contributed by atoms with E-state index in [1.807, 2.05) is 18.9 Å². The van der Waals surface area contributed by atoms with Gasteiger partial charge in [0.05, 0.1) is 5.92 Å². The molecule has 2 amide bonds. The zero-order valence-electron chi connectivity index (χ0n) is 13.8. The fourth-order valence-electron chi connectivity index (χ4n) is 2.86. The first-order valence-corrected chi connectivity index (χ1v) is 8.31. The Morgan fingerprint density at radius 3 is 2.81 bits per heavy atom. The molecule has 1 heterocycles. The van der Waals surface area contributed by atoms with Gasteiger partial charge in [0.25, 0.3) is 0 Å². The van der Waals surface area contributed by atoms with Gasteiger partial charge < -0.3 is 15.5 Å². The number of likely N-dealkylation sites (tertiary alicyclic amines) is 1. The van der Waals surface area contributed by atoms with Crippen LogP contribution in [0.5, 0.6) is 0 Å². The average molecular weight is 297 g/mol. The van der Waals surface area contributed by atoms with Gasteiger partial charge in [-0.1, -0.05) is 13.3 Å². The first-order valence-electron chi connectivity index (χ1n) is 8.31. The summed E-state index contributed by atoms with van der Waals surface area (Å²) in [6.07, 6.45) is 5.33. The number of carbonyl (C=O) groups is 2. The van der Waals surface area contributed by atoms with Gasteiger partial charge in [-0.2, -0.15) is 0 Å². The number of rotatable bonds is 8. The molecule has 1 aliphatic rings. The van der Waals surface area contributed by atoms with E-state index in [0.717, 1.165) is 45.2 Å². The molecule has 5 nitrogen and oxygen atoms in total. The predicted octanol–water partition coefficient (Wildman–Crippen LogP) is 1.53. The Balaban J connectivity index is 2.40. The summed E-state index contributed by atoms with van der Waals surface area (Å²) in [6.45, 7) is 6.41. The van der Waals surface area contributed by atoms with Gasteiger partial charge in [-0.3, -0.25) is 9.59 Å². The molecule has 0 aliphatic carbocycles. The van der Waals surface area contributed by atoms with Crippen LogP contribution in [0, 0.1) is 5.92 Å². The van der Waals surface area contributed by atoms with Crippen molar-refractivity contribution in [2.45, 2.75) is 58.4 Å². The molecule has 1 fully saturated rings. The van der Waals surface area contributed by atoms with Crippen LogP contribution in [0.15, 0.2) is 0 Å². The van der Waals surface area contributed by atoms with Crippen molar-refractivity contribution >= 4 is 11.8 Å². The molecule has 0 aromatic rings. The summed E-state index contributed by atoms with van der Waals surface area (Å²) in [7, 11) is 1.89. The van der Waals surface area contributed by atoms with Gasteiger partial charge in [0.15, 0.2) is 0 Å². The van der Waals surface area contributed by atoms with E-state index in [9.17, 15) is 9.59 Å². The van der Waals surface area contributed by atoms with Crippen molar-refractivity contribution < 1.29 is 9.59 Å².